The van der Waals surface area contributed by atoms with E-state index in [2.05, 4.69) is 90.0 Å². The van der Waals surface area contributed by atoms with Crippen LogP contribution in [0.2, 0.25) is 0 Å². The fourth-order valence-corrected chi connectivity index (χ4v) is 3.43. The highest BCUT2D eigenvalue weighted by atomic mass is 15.0. The zero-order chi connectivity index (χ0) is 16.5. The molecule has 3 aromatic carbocycles. The average molecular weight is 309 g/mol. The van der Waals surface area contributed by atoms with Crippen molar-refractivity contribution in [3.63, 3.8) is 0 Å². The van der Waals surface area contributed by atoms with Gasteiger partial charge in [0.15, 0.2) is 0 Å². The van der Waals surface area contributed by atoms with E-state index in [1.807, 2.05) is 13.0 Å². The third-order valence-electron chi connectivity index (χ3n) is 4.42. The Bertz CT molecular complexity index is 1120. The van der Waals surface area contributed by atoms with Crippen molar-refractivity contribution in [1.29, 1.82) is 0 Å². The first-order chi connectivity index (χ1) is 11.8. The Morgan fingerprint density at radius 1 is 0.875 bits per heavy atom. The van der Waals surface area contributed by atoms with Gasteiger partial charge in [0.2, 0.25) is 0 Å². The van der Waals surface area contributed by atoms with E-state index in [1.54, 1.807) is 0 Å². The molecule has 0 N–H and O–H groups in total. The van der Waals surface area contributed by atoms with Crippen LogP contribution in [0.25, 0.3) is 38.3 Å². The smallest absolute Gasteiger partial charge is 0.0547 e. The Balaban J connectivity index is 2.22. The van der Waals surface area contributed by atoms with Gasteiger partial charge in [-0.05, 0) is 48.0 Å². The highest BCUT2D eigenvalue weighted by Gasteiger charge is 2.12. The minimum Gasteiger partial charge on any atom is -0.309 e. The molecular weight excluding hydrogens is 290 g/mol. The Hall–Kier alpha value is -3.06. The first-order valence-electron chi connectivity index (χ1n) is 8.21. The minimum absolute atomic E-state index is 1.12. The number of rotatable bonds is 3. The minimum atomic E-state index is 1.12. The van der Waals surface area contributed by atoms with E-state index in [0.717, 1.165) is 5.70 Å². The Morgan fingerprint density at radius 2 is 1.58 bits per heavy atom. The van der Waals surface area contributed by atoms with Gasteiger partial charge < -0.3 is 4.57 Å². The number of nitrogens with zero attached hydrogens (tertiary/aromatic N) is 1. The number of benzene rings is 3. The second kappa shape index (κ2) is 5.86. The third-order valence-corrected chi connectivity index (χ3v) is 4.42. The molecule has 0 unspecified atom stereocenters. The molecule has 1 nitrogen and oxygen atoms in total. The molecule has 0 atom stereocenters. The Morgan fingerprint density at radius 3 is 2.33 bits per heavy atom. The van der Waals surface area contributed by atoms with Crippen molar-refractivity contribution >= 4 is 38.3 Å². The molecule has 0 spiro atoms. The van der Waals surface area contributed by atoms with Crippen LogP contribution in [-0.2, 0) is 0 Å². The number of aromatic nitrogens is 1. The number of fused-ring (bicyclic) bond motifs is 4. The summed E-state index contributed by atoms with van der Waals surface area (Å²) in [6.07, 6.45) is 8.10. The number of hydrogen-bond donors (Lipinski definition) is 0. The summed E-state index contributed by atoms with van der Waals surface area (Å²) >= 11 is 0. The first-order valence-corrected chi connectivity index (χ1v) is 8.21. The van der Waals surface area contributed by atoms with Gasteiger partial charge >= 0.3 is 0 Å². The largest absolute Gasteiger partial charge is 0.309 e. The summed E-state index contributed by atoms with van der Waals surface area (Å²) < 4.78 is 2.32. The van der Waals surface area contributed by atoms with Gasteiger partial charge in [-0.2, -0.15) is 0 Å². The molecule has 0 saturated carbocycles. The molecule has 0 amide bonds. The van der Waals surface area contributed by atoms with Crippen LogP contribution in [0.15, 0.2) is 91.5 Å². The normalized spacial score (nSPS) is 12.6. The van der Waals surface area contributed by atoms with Crippen LogP contribution in [0.1, 0.15) is 6.92 Å². The SMILES string of the molecule is C=C/C=C(\C=C/C)n1c2ccccc2c2cc3ccccc3cc21. The molecule has 0 aliphatic carbocycles. The quantitative estimate of drug-likeness (QED) is 0.378. The van der Waals surface area contributed by atoms with Crippen LogP contribution in [0.4, 0.5) is 0 Å². The van der Waals surface area contributed by atoms with Crippen LogP contribution in [-0.4, -0.2) is 4.57 Å². The second-order valence-corrected chi connectivity index (χ2v) is 5.90. The summed E-state index contributed by atoms with van der Waals surface area (Å²) in [5.41, 5.74) is 3.56. The third kappa shape index (κ3) is 2.17. The summed E-state index contributed by atoms with van der Waals surface area (Å²) in [5, 5.41) is 5.09. The molecule has 0 aliphatic rings. The molecule has 0 radical (unpaired) electrons. The molecule has 1 heterocycles. The van der Waals surface area contributed by atoms with E-state index >= 15 is 0 Å². The standard InChI is InChI=1S/C23H19N/c1-3-9-19(10-4-2)24-22-14-8-7-13-20(22)21-15-17-11-5-6-12-18(17)16-23(21)24/h3-16H,1H2,2H3/b10-4-,19-9+. The molecule has 4 rings (SSSR count). The number of allylic oxidation sites excluding steroid dienone is 5. The molecule has 4 aromatic rings. The Labute approximate surface area is 141 Å². The van der Waals surface area contributed by atoms with Gasteiger partial charge in [-0.25, -0.2) is 0 Å². The lowest BCUT2D eigenvalue weighted by molar-refractivity contribution is 1.24. The maximum atomic E-state index is 3.88. The van der Waals surface area contributed by atoms with Crippen molar-refractivity contribution < 1.29 is 0 Å². The van der Waals surface area contributed by atoms with Crippen LogP contribution in [0, 0.1) is 0 Å². The summed E-state index contributed by atoms with van der Waals surface area (Å²) in [6.45, 7) is 5.92. The van der Waals surface area contributed by atoms with Gasteiger partial charge in [0.1, 0.15) is 0 Å². The van der Waals surface area contributed by atoms with Crippen LogP contribution >= 0.6 is 0 Å². The van der Waals surface area contributed by atoms with Crippen LogP contribution in [0.3, 0.4) is 0 Å². The molecule has 1 heteroatoms. The van der Waals surface area contributed by atoms with Crippen LogP contribution < -0.4 is 0 Å². The van der Waals surface area contributed by atoms with Crippen molar-refractivity contribution in [2.45, 2.75) is 6.92 Å². The van der Waals surface area contributed by atoms with Crippen LogP contribution in [0.5, 0.6) is 0 Å². The zero-order valence-electron chi connectivity index (χ0n) is 13.7. The van der Waals surface area contributed by atoms with Crippen molar-refractivity contribution in [3.8, 4) is 0 Å². The predicted molar refractivity (Wildman–Crippen MR) is 106 cm³/mol. The van der Waals surface area contributed by atoms with Gasteiger partial charge in [0, 0.05) is 16.5 Å². The van der Waals surface area contributed by atoms with Gasteiger partial charge in [-0.1, -0.05) is 61.2 Å². The molecule has 0 saturated heterocycles. The highest BCUT2D eigenvalue weighted by molar-refractivity contribution is 6.14. The predicted octanol–water partition coefficient (Wildman–Crippen LogP) is 6.55. The lowest BCUT2D eigenvalue weighted by atomic mass is 10.1. The van der Waals surface area contributed by atoms with Crippen molar-refractivity contribution in [3.05, 3.63) is 91.5 Å². The summed E-state index contributed by atoms with van der Waals surface area (Å²) in [6, 6.07) is 21.7. The lowest BCUT2D eigenvalue weighted by Gasteiger charge is -2.09. The average Bonchev–Trinajstić information content (AvgIpc) is 2.93. The van der Waals surface area contributed by atoms with E-state index in [-0.39, 0.29) is 0 Å². The van der Waals surface area contributed by atoms with Crippen molar-refractivity contribution in [1.82, 2.24) is 4.57 Å². The molecule has 1 aromatic heterocycles. The van der Waals surface area contributed by atoms with Crippen molar-refractivity contribution in [2.24, 2.45) is 0 Å². The summed E-state index contributed by atoms with van der Waals surface area (Å²) in [4.78, 5) is 0. The summed E-state index contributed by atoms with van der Waals surface area (Å²) in [5.74, 6) is 0. The molecule has 0 bridgehead atoms. The maximum Gasteiger partial charge on any atom is 0.0547 e. The van der Waals surface area contributed by atoms with Gasteiger partial charge in [0.25, 0.3) is 0 Å². The van der Waals surface area contributed by atoms with E-state index in [4.69, 9.17) is 0 Å². The van der Waals surface area contributed by atoms with Gasteiger partial charge in [-0.3, -0.25) is 0 Å². The molecular formula is C23H19N. The monoisotopic (exact) mass is 309 g/mol. The first kappa shape index (κ1) is 14.5. The molecule has 0 aliphatic heterocycles. The van der Waals surface area contributed by atoms with E-state index < -0.39 is 0 Å². The highest BCUT2D eigenvalue weighted by Crippen LogP contribution is 2.34. The molecule has 24 heavy (non-hydrogen) atoms. The topological polar surface area (TPSA) is 4.93 Å². The fourth-order valence-electron chi connectivity index (χ4n) is 3.43. The Kier molecular flexibility index (Phi) is 3.55. The van der Waals surface area contributed by atoms with E-state index in [9.17, 15) is 0 Å². The van der Waals surface area contributed by atoms with E-state index in [0.29, 0.717) is 0 Å². The van der Waals surface area contributed by atoms with Gasteiger partial charge in [-0.15, -0.1) is 0 Å². The lowest BCUT2D eigenvalue weighted by Crippen LogP contribution is -1.94. The molecule has 0 fully saturated rings. The number of hydrogen-bond acceptors (Lipinski definition) is 0. The van der Waals surface area contributed by atoms with E-state index in [1.165, 1.54) is 32.6 Å². The fraction of sp³-hybridized carbons (Fsp3) is 0.0435. The maximum absolute atomic E-state index is 3.88. The number of para-hydroxylation sites is 1. The summed E-state index contributed by atoms with van der Waals surface area (Å²) in [7, 11) is 0. The second-order valence-electron chi connectivity index (χ2n) is 5.90. The van der Waals surface area contributed by atoms with Gasteiger partial charge in [0.05, 0.1) is 11.0 Å². The van der Waals surface area contributed by atoms with Crippen molar-refractivity contribution in [2.75, 3.05) is 0 Å². The molecule has 116 valence electrons. The zero-order valence-corrected chi connectivity index (χ0v) is 13.7.